The van der Waals surface area contributed by atoms with Gasteiger partial charge in [-0.1, -0.05) is 60.1 Å². The Labute approximate surface area is 184 Å². The van der Waals surface area contributed by atoms with Crippen molar-refractivity contribution in [3.05, 3.63) is 107 Å². The van der Waals surface area contributed by atoms with Gasteiger partial charge in [-0.15, -0.1) is 0 Å². The number of rotatable bonds is 5. The van der Waals surface area contributed by atoms with Gasteiger partial charge in [0, 0.05) is 27.9 Å². The highest BCUT2D eigenvalue weighted by atomic mass is 35.5. The number of hydrogen-bond acceptors (Lipinski definition) is 3. The van der Waals surface area contributed by atoms with E-state index in [4.69, 9.17) is 11.6 Å². The normalized spacial score (nSPS) is 10.5. The Kier molecular flexibility index (Phi) is 6.10. The third kappa shape index (κ3) is 4.99. The smallest absolute Gasteiger partial charge is 0.269 e. The topological polar surface area (TPSA) is 76.0 Å². The van der Waals surface area contributed by atoms with Crippen molar-refractivity contribution in [3.8, 4) is 16.9 Å². The summed E-state index contributed by atoms with van der Waals surface area (Å²) in [6.07, 6.45) is 1.86. The zero-order valence-corrected chi connectivity index (χ0v) is 17.2. The van der Waals surface area contributed by atoms with Gasteiger partial charge in [-0.2, -0.15) is 5.10 Å². The zero-order chi connectivity index (χ0) is 21.6. The molecule has 1 aromatic heterocycles. The standard InChI is InChI=1S/C24H19ClN4O2/c25-20-13-11-17(12-14-20)23-19(16-29(28-23)21-9-5-2-6-10-21)15-22(30)26-27-24(31)18-7-3-1-4-8-18/h1-14,16H,15H2,(H,26,30)(H,27,31). The molecule has 0 bridgehead atoms. The summed E-state index contributed by atoms with van der Waals surface area (Å²) >= 11 is 6.02. The largest absolute Gasteiger partial charge is 0.273 e. The molecule has 4 aromatic rings. The molecule has 2 amide bonds. The molecule has 0 fully saturated rings. The van der Waals surface area contributed by atoms with E-state index in [0.717, 1.165) is 16.8 Å². The lowest BCUT2D eigenvalue weighted by atomic mass is 10.1. The molecule has 154 valence electrons. The van der Waals surface area contributed by atoms with Gasteiger partial charge in [-0.05, 0) is 36.4 Å². The molecule has 0 aliphatic heterocycles. The molecule has 0 spiro atoms. The number of amides is 2. The van der Waals surface area contributed by atoms with E-state index in [-0.39, 0.29) is 18.2 Å². The fourth-order valence-corrected chi connectivity index (χ4v) is 3.23. The van der Waals surface area contributed by atoms with Gasteiger partial charge < -0.3 is 0 Å². The van der Waals surface area contributed by atoms with Crippen molar-refractivity contribution in [2.75, 3.05) is 0 Å². The second-order valence-electron chi connectivity index (χ2n) is 6.84. The Morgan fingerprint density at radius 1 is 0.839 bits per heavy atom. The summed E-state index contributed by atoms with van der Waals surface area (Å²) in [5.41, 5.74) is 8.48. The highest BCUT2D eigenvalue weighted by Crippen LogP contribution is 2.25. The molecule has 7 heteroatoms. The van der Waals surface area contributed by atoms with E-state index in [1.165, 1.54) is 0 Å². The Morgan fingerprint density at radius 2 is 1.48 bits per heavy atom. The van der Waals surface area contributed by atoms with Crippen LogP contribution in [0, 0.1) is 0 Å². The van der Waals surface area contributed by atoms with Crippen molar-refractivity contribution in [2.24, 2.45) is 0 Å². The number of hydrazine groups is 1. The first kappa shape index (κ1) is 20.4. The maximum atomic E-state index is 12.5. The number of para-hydroxylation sites is 1. The van der Waals surface area contributed by atoms with Crippen LogP contribution in [0.4, 0.5) is 0 Å². The number of aromatic nitrogens is 2. The quantitative estimate of drug-likeness (QED) is 0.466. The third-order valence-electron chi connectivity index (χ3n) is 4.63. The lowest BCUT2D eigenvalue weighted by Crippen LogP contribution is -2.42. The number of nitrogens with zero attached hydrogens (tertiary/aromatic N) is 2. The molecule has 0 saturated carbocycles. The minimum absolute atomic E-state index is 0.0415. The number of nitrogens with one attached hydrogen (secondary N) is 2. The van der Waals surface area contributed by atoms with Crippen LogP contribution in [0.15, 0.2) is 91.1 Å². The molecule has 0 radical (unpaired) electrons. The minimum Gasteiger partial charge on any atom is -0.273 e. The molecule has 0 atom stereocenters. The van der Waals surface area contributed by atoms with Crippen LogP contribution in [0.5, 0.6) is 0 Å². The predicted molar refractivity (Wildman–Crippen MR) is 120 cm³/mol. The second-order valence-corrected chi connectivity index (χ2v) is 7.27. The van der Waals surface area contributed by atoms with Gasteiger partial charge in [0.25, 0.3) is 5.91 Å². The van der Waals surface area contributed by atoms with E-state index in [9.17, 15) is 9.59 Å². The summed E-state index contributed by atoms with van der Waals surface area (Å²) in [5, 5.41) is 5.30. The van der Waals surface area contributed by atoms with E-state index < -0.39 is 0 Å². The highest BCUT2D eigenvalue weighted by molar-refractivity contribution is 6.30. The van der Waals surface area contributed by atoms with Crippen LogP contribution in [-0.2, 0) is 11.2 Å². The van der Waals surface area contributed by atoms with Crippen LogP contribution in [0.25, 0.3) is 16.9 Å². The fraction of sp³-hybridized carbons (Fsp3) is 0.0417. The van der Waals surface area contributed by atoms with Crippen molar-refractivity contribution in [1.82, 2.24) is 20.6 Å². The molecular formula is C24H19ClN4O2. The lowest BCUT2D eigenvalue weighted by Gasteiger charge is -2.07. The summed E-state index contributed by atoms with van der Waals surface area (Å²) in [6, 6.07) is 25.6. The number of carbonyl (C=O) groups is 2. The lowest BCUT2D eigenvalue weighted by molar-refractivity contribution is -0.121. The van der Waals surface area contributed by atoms with E-state index in [1.807, 2.05) is 54.7 Å². The van der Waals surface area contributed by atoms with Crippen molar-refractivity contribution >= 4 is 23.4 Å². The predicted octanol–water partition coefficient (Wildman–Crippen LogP) is 4.20. The highest BCUT2D eigenvalue weighted by Gasteiger charge is 2.16. The summed E-state index contributed by atoms with van der Waals surface area (Å²) in [5.74, 6) is -0.737. The SMILES string of the molecule is O=C(Cc1cn(-c2ccccc2)nc1-c1ccc(Cl)cc1)NNC(=O)c1ccccc1. The second kappa shape index (κ2) is 9.28. The molecule has 6 nitrogen and oxygen atoms in total. The van der Waals surface area contributed by atoms with E-state index >= 15 is 0 Å². The van der Waals surface area contributed by atoms with Crippen LogP contribution < -0.4 is 10.9 Å². The number of hydrogen-bond donors (Lipinski definition) is 2. The van der Waals surface area contributed by atoms with Crippen LogP contribution in [0.1, 0.15) is 15.9 Å². The van der Waals surface area contributed by atoms with Crippen LogP contribution >= 0.6 is 11.6 Å². The molecule has 3 aromatic carbocycles. The summed E-state index contributed by atoms with van der Waals surface area (Å²) in [7, 11) is 0. The summed E-state index contributed by atoms with van der Waals surface area (Å²) in [4.78, 5) is 24.7. The number of carbonyl (C=O) groups excluding carboxylic acids is 2. The molecule has 1 heterocycles. The van der Waals surface area contributed by atoms with Gasteiger partial charge in [-0.3, -0.25) is 20.4 Å². The first-order valence-corrected chi connectivity index (χ1v) is 10.0. The fourth-order valence-electron chi connectivity index (χ4n) is 3.11. The Hall–Kier alpha value is -3.90. The minimum atomic E-state index is -0.383. The average molecular weight is 431 g/mol. The van der Waals surface area contributed by atoms with Crippen LogP contribution in [-0.4, -0.2) is 21.6 Å². The van der Waals surface area contributed by atoms with Gasteiger partial charge in [0.15, 0.2) is 0 Å². The average Bonchev–Trinajstić information content (AvgIpc) is 3.23. The molecule has 0 aliphatic carbocycles. The maximum absolute atomic E-state index is 12.5. The molecule has 4 rings (SSSR count). The van der Waals surface area contributed by atoms with Crippen molar-refractivity contribution < 1.29 is 9.59 Å². The Balaban J connectivity index is 1.54. The zero-order valence-electron chi connectivity index (χ0n) is 16.5. The monoisotopic (exact) mass is 430 g/mol. The molecule has 31 heavy (non-hydrogen) atoms. The van der Waals surface area contributed by atoms with Gasteiger partial charge in [-0.25, -0.2) is 4.68 Å². The first-order chi connectivity index (χ1) is 15.1. The van der Waals surface area contributed by atoms with E-state index in [0.29, 0.717) is 16.3 Å². The van der Waals surface area contributed by atoms with E-state index in [2.05, 4.69) is 16.0 Å². The number of halogens is 1. The summed E-state index contributed by atoms with van der Waals surface area (Å²) < 4.78 is 1.73. The van der Waals surface area contributed by atoms with Gasteiger partial charge >= 0.3 is 0 Å². The van der Waals surface area contributed by atoms with Crippen molar-refractivity contribution in [1.29, 1.82) is 0 Å². The maximum Gasteiger partial charge on any atom is 0.269 e. The van der Waals surface area contributed by atoms with Crippen LogP contribution in [0.2, 0.25) is 5.02 Å². The van der Waals surface area contributed by atoms with Gasteiger partial charge in [0.1, 0.15) is 0 Å². The van der Waals surface area contributed by atoms with Gasteiger partial charge in [0.2, 0.25) is 5.91 Å². The molecule has 0 aliphatic rings. The summed E-state index contributed by atoms with van der Waals surface area (Å²) in [6.45, 7) is 0. The molecule has 2 N–H and O–H groups in total. The van der Waals surface area contributed by atoms with Crippen LogP contribution in [0.3, 0.4) is 0 Å². The molecular weight excluding hydrogens is 412 g/mol. The van der Waals surface area contributed by atoms with E-state index in [1.54, 1.807) is 41.1 Å². The van der Waals surface area contributed by atoms with Gasteiger partial charge in [0.05, 0.1) is 17.8 Å². The Morgan fingerprint density at radius 3 is 2.16 bits per heavy atom. The first-order valence-electron chi connectivity index (χ1n) is 9.64. The number of benzene rings is 3. The van der Waals surface area contributed by atoms with Crippen molar-refractivity contribution in [2.45, 2.75) is 6.42 Å². The molecule has 0 saturated heterocycles. The molecule has 0 unspecified atom stereocenters. The van der Waals surface area contributed by atoms with Crippen molar-refractivity contribution in [3.63, 3.8) is 0 Å². The third-order valence-corrected chi connectivity index (χ3v) is 4.88. The Bertz CT molecular complexity index is 1190.